The first-order chi connectivity index (χ1) is 46.1. The van der Waals surface area contributed by atoms with Crippen LogP contribution in [0.25, 0.3) is 55.6 Å². The van der Waals surface area contributed by atoms with Crippen LogP contribution in [0.4, 0.5) is 22.7 Å². The molecular formula is C93H95BrN2. The lowest BCUT2D eigenvalue weighted by molar-refractivity contribution is -0.00530. The Labute approximate surface area is 581 Å². The van der Waals surface area contributed by atoms with Crippen LogP contribution in [0, 0.1) is 63.2 Å². The quantitative estimate of drug-likeness (QED) is 0.161. The molecule has 8 saturated carbocycles. The van der Waals surface area contributed by atoms with Gasteiger partial charge in [0.1, 0.15) is 0 Å². The highest BCUT2D eigenvalue weighted by atomic mass is 79.9. The molecule has 0 saturated heterocycles. The molecule has 0 radical (unpaired) electrons. The Morgan fingerprint density at radius 1 is 0.323 bits per heavy atom. The van der Waals surface area contributed by atoms with Crippen molar-refractivity contribution in [2.45, 2.75) is 173 Å². The van der Waals surface area contributed by atoms with Crippen LogP contribution >= 0.6 is 15.9 Å². The predicted molar refractivity (Wildman–Crippen MR) is 408 cm³/mol. The fraction of sp³-hybridized carbons (Fsp3) is 0.355. The molecule has 0 heterocycles. The summed E-state index contributed by atoms with van der Waals surface area (Å²) in [6, 6.07) is 76.4. The number of hydrogen-bond acceptors (Lipinski definition) is 2. The number of anilines is 4. The molecule has 11 aliphatic rings. The number of aryl methyl sites for hydroxylation is 4. The minimum Gasteiger partial charge on any atom is -0.398 e. The van der Waals surface area contributed by atoms with Crippen LogP contribution in [-0.2, 0) is 27.1 Å². The van der Waals surface area contributed by atoms with Crippen LogP contribution < -0.4 is 10.6 Å². The largest absolute Gasteiger partial charge is 0.398 e. The molecule has 0 amide bonds. The number of fused-ring (bicyclic) bond motifs is 9. The molecule has 484 valence electrons. The Hall–Kier alpha value is -7.72. The lowest BCUT2D eigenvalue weighted by atomic mass is 9.48. The molecule has 11 aliphatic carbocycles. The molecule has 2 nitrogen and oxygen atoms in total. The van der Waals surface area contributed by atoms with Gasteiger partial charge < -0.3 is 10.6 Å². The summed E-state index contributed by atoms with van der Waals surface area (Å²) in [4.78, 5) is 2.56. The van der Waals surface area contributed by atoms with E-state index in [2.05, 4.69) is 290 Å². The molecule has 21 rings (SSSR count). The van der Waals surface area contributed by atoms with E-state index in [0.717, 1.165) is 45.7 Å². The SMILES string of the molecule is CC1(C)c2ccccc2-c2ccc(Br)cc21.Cc1cc(-c2ccc(C34CC5CC(CC(C5)C3)C4)cc2)cc(C)c1N.Cc1cc(-c2ccc(C34CC5CC(CC(C5)C3)C4)cc2)cc(C)c1N(c1ccc2c(c1)C(C)(C)c1ccccc1-2)c1ccc2c(c1)C(C)(C)c1ccccc1-2. The third-order valence-electron chi connectivity index (χ3n) is 26.2. The van der Waals surface area contributed by atoms with Crippen molar-refractivity contribution in [1.82, 2.24) is 0 Å². The van der Waals surface area contributed by atoms with Gasteiger partial charge in [0.15, 0.2) is 0 Å². The monoisotopic (exact) mass is 1320 g/mol. The molecule has 0 atom stereocenters. The van der Waals surface area contributed by atoms with Crippen LogP contribution in [0.3, 0.4) is 0 Å². The van der Waals surface area contributed by atoms with Crippen LogP contribution in [0.2, 0.25) is 0 Å². The Morgan fingerprint density at radius 2 is 0.625 bits per heavy atom. The normalized spacial score (nSPS) is 25.1. The van der Waals surface area contributed by atoms with Gasteiger partial charge in [-0.15, -0.1) is 0 Å². The molecule has 0 spiro atoms. The zero-order valence-corrected chi connectivity index (χ0v) is 60.0. The topological polar surface area (TPSA) is 29.3 Å². The van der Waals surface area contributed by atoms with E-state index in [-0.39, 0.29) is 16.2 Å². The van der Waals surface area contributed by atoms with Gasteiger partial charge in [-0.1, -0.05) is 197 Å². The lowest BCUT2D eigenvalue weighted by Crippen LogP contribution is -2.48. The van der Waals surface area contributed by atoms with Gasteiger partial charge in [0.25, 0.3) is 0 Å². The van der Waals surface area contributed by atoms with E-state index in [9.17, 15) is 0 Å². The summed E-state index contributed by atoms with van der Waals surface area (Å²) in [5, 5.41) is 0. The zero-order chi connectivity index (χ0) is 65.9. The number of benzene rings is 10. The summed E-state index contributed by atoms with van der Waals surface area (Å²) in [5.74, 6) is 5.91. The van der Waals surface area contributed by atoms with Crippen molar-refractivity contribution in [3.05, 3.63) is 271 Å². The fourth-order valence-corrected chi connectivity index (χ4v) is 22.7. The first-order valence-electron chi connectivity index (χ1n) is 36.5. The molecule has 2 N–H and O–H groups in total. The number of nitrogens with two attached hydrogens (primary N) is 1. The first-order valence-corrected chi connectivity index (χ1v) is 37.3. The average molecular weight is 1320 g/mol. The second-order valence-electron chi connectivity index (χ2n) is 33.5. The van der Waals surface area contributed by atoms with Crippen molar-refractivity contribution in [2.75, 3.05) is 10.6 Å². The standard InChI is InChI=1S/C54H53N.C24H29N.C15H13Br/c1-33-23-39(38-15-17-40(18-16-38)54-30-35-25-36(31-54)27-37(26-35)32-54)24-34(2)51(33)55(41-19-21-45-43-11-7-9-13-47(43)52(3,4)49(45)28-41)42-20-22-46-44-12-8-10-14-48(44)53(5,6)50(46)29-42;1-15-7-21(8-16(2)23(15)25)20-3-5-22(6-4-20)24-12-17-9-18(13-24)11-19(10-17)14-24;1-15(2)13-6-4-3-5-11(13)12-8-7-10(16)9-14(12)15/h7-24,28-29,35-37H,25-27,30-32H2,1-6H3;3-8,17-19H,9-14,25H2,1-2H3;3-9H,1-2H3. The van der Waals surface area contributed by atoms with Gasteiger partial charge in [0.05, 0.1) is 5.69 Å². The highest BCUT2D eigenvalue weighted by Crippen LogP contribution is 2.63. The zero-order valence-electron chi connectivity index (χ0n) is 58.4. The Bertz CT molecular complexity index is 4540. The number of hydrogen-bond donors (Lipinski definition) is 1. The van der Waals surface area contributed by atoms with Crippen LogP contribution in [-0.4, -0.2) is 0 Å². The molecule has 96 heavy (non-hydrogen) atoms. The van der Waals surface area contributed by atoms with E-state index >= 15 is 0 Å². The molecular weight excluding hydrogens is 1220 g/mol. The molecule has 10 aromatic rings. The van der Waals surface area contributed by atoms with Crippen molar-refractivity contribution in [3.63, 3.8) is 0 Å². The lowest BCUT2D eigenvalue weighted by Gasteiger charge is -2.57. The third-order valence-corrected chi connectivity index (χ3v) is 26.7. The maximum atomic E-state index is 6.12. The van der Waals surface area contributed by atoms with Crippen molar-refractivity contribution in [2.24, 2.45) is 35.5 Å². The smallest absolute Gasteiger partial charge is 0.0520 e. The van der Waals surface area contributed by atoms with E-state index in [4.69, 9.17) is 5.73 Å². The molecule has 3 heteroatoms. The summed E-state index contributed by atoms with van der Waals surface area (Å²) >= 11 is 3.56. The molecule has 0 aliphatic heterocycles. The van der Waals surface area contributed by atoms with Crippen LogP contribution in [0.15, 0.2) is 205 Å². The first kappa shape index (κ1) is 61.8. The second kappa shape index (κ2) is 22.7. The minimum atomic E-state index is -0.0779. The van der Waals surface area contributed by atoms with E-state index < -0.39 is 0 Å². The average Bonchev–Trinajstić information content (AvgIpc) is 0.815. The number of nitrogen functional groups attached to an aromatic ring is 1. The fourth-order valence-electron chi connectivity index (χ4n) is 22.3. The highest BCUT2D eigenvalue weighted by molar-refractivity contribution is 9.10. The van der Waals surface area contributed by atoms with Crippen molar-refractivity contribution >= 4 is 38.7 Å². The van der Waals surface area contributed by atoms with E-state index in [1.807, 2.05) is 0 Å². The van der Waals surface area contributed by atoms with E-state index in [1.54, 1.807) is 11.1 Å². The van der Waals surface area contributed by atoms with E-state index in [0.29, 0.717) is 10.8 Å². The maximum Gasteiger partial charge on any atom is 0.0520 e. The van der Waals surface area contributed by atoms with Gasteiger partial charge in [-0.05, 0) is 334 Å². The third kappa shape index (κ3) is 10.0. The van der Waals surface area contributed by atoms with Crippen molar-refractivity contribution < 1.29 is 0 Å². The number of nitrogens with zero attached hydrogens (tertiary/aromatic N) is 1. The Kier molecular flexibility index (Phi) is 14.6. The van der Waals surface area contributed by atoms with E-state index in [1.165, 1.54) is 205 Å². The highest BCUT2D eigenvalue weighted by Gasteiger charge is 2.53. The van der Waals surface area contributed by atoms with Gasteiger partial charge in [-0.3, -0.25) is 0 Å². The predicted octanol–water partition coefficient (Wildman–Crippen LogP) is 25.3. The van der Waals surface area contributed by atoms with Gasteiger partial charge >= 0.3 is 0 Å². The molecule has 10 aromatic carbocycles. The van der Waals surface area contributed by atoms with Gasteiger partial charge in [-0.25, -0.2) is 0 Å². The Morgan fingerprint density at radius 3 is 0.979 bits per heavy atom. The van der Waals surface area contributed by atoms with Crippen molar-refractivity contribution in [3.8, 4) is 55.6 Å². The summed E-state index contributed by atoms with van der Waals surface area (Å²) in [7, 11) is 0. The van der Waals surface area contributed by atoms with Crippen LogP contribution in [0.1, 0.15) is 185 Å². The molecule has 0 aromatic heterocycles. The maximum absolute atomic E-state index is 6.12. The minimum absolute atomic E-state index is 0.0779. The number of rotatable bonds is 7. The summed E-state index contributed by atoms with van der Waals surface area (Å²) < 4.78 is 1.16. The molecule has 8 bridgehead atoms. The van der Waals surface area contributed by atoms with Crippen LogP contribution in [0.5, 0.6) is 0 Å². The molecule has 0 unspecified atom stereocenters. The summed E-state index contributed by atoms with van der Waals surface area (Å²) in [6.45, 7) is 23.0. The number of halogens is 1. The summed E-state index contributed by atoms with van der Waals surface area (Å²) in [5.41, 5.74) is 41.8. The van der Waals surface area contributed by atoms with Gasteiger partial charge in [-0.2, -0.15) is 0 Å². The second-order valence-corrected chi connectivity index (χ2v) is 34.4. The van der Waals surface area contributed by atoms with Crippen molar-refractivity contribution in [1.29, 1.82) is 0 Å². The Balaban J connectivity index is 0.000000138. The molecule has 8 fully saturated rings. The van der Waals surface area contributed by atoms with Gasteiger partial charge in [0.2, 0.25) is 0 Å². The summed E-state index contributed by atoms with van der Waals surface area (Å²) in [6.07, 6.45) is 17.6. The van der Waals surface area contributed by atoms with Gasteiger partial charge in [0, 0.05) is 37.8 Å².